The molecule has 0 spiro atoms. The van der Waals surface area contributed by atoms with Gasteiger partial charge in [0.15, 0.2) is 9.84 Å². The standard InChI is InChI=1S/C22H19FN2O2S/c23-18-6-3-15(4-7-18)12-25-13-20-19-10-16(17-2-1-9-24-11-17)5-8-21(19)28(26,27)22(20)14-25/h1-11,20,22H,12-14H2. The van der Waals surface area contributed by atoms with Crippen molar-refractivity contribution in [3.63, 3.8) is 0 Å². The van der Waals surface area contributed by atoms with Gasteiger partial charge in [-0.1, -0.05) is 24.3 Å². The lowest BCUT2D eigenvalue weighted by Gasteiger charge is -2.17. The Balaban J connectivity index is 1.46. The Morgan fingerprint density at radius 2 is 1.86 bits per heavy atom. The first kappa shape index (κ1) is 17.5. The fourth-order valence-corrected chi connectivity index (χ4v) is 6.61. The summed E-state index contributed by atoms with van der Waals surface area (Å²) in [5, 5.41) is -0.410. The van der Waals surface area contributed by atoms with E-state index >= 15 is 0 Å². The quantitative estimate of drug-likeness (QED) is 0.681. The zero-order valence-corrected chi connectivity index (χ0v) is 15.9. The Hall–Kier alpha value is -2.57. The zero-order valence-electron chi connectivity index (χ0n) is 15.1. The van der Waals surface area contributed by atoms with Crippen molar-refractivity contribution >= 4 is 9.84 Å². The van der Waals surface area contributed by atoms with E-state index in [1.54, 1.807) is 30.6 Å². The summed E-state index contributed by atoms with van der Waals surface area (Å²) in [5.41, 5.74) is 3.86. The zero-order chi connectivity index (χ0) is 19.3. The molecule has 1 fully saturated rings. The first-order valence-corrected chi connectivity index (χ1v) is 10.8. The number of rotatable bonds is 3. The summed E-state index contributed by atoms with van der Waals surface area (Å²) in [5.74, 6) is -0.293. The molecule has 2 aromatic carbocycles. The van der Waals surface area contributed by atoms with Gasteiger partial charge in [0.25, 0.3) is 0 Å². The van der Waals surface area contributed by atoms with E-state index in [0.717, 1.165) is 22.3 Å². The molecule has 0 N–H and O–H groups in total. The number of fused-ring (bicyclic) bond motifs is 3. The first-order chi connectivity index (χ1) is 13.5. The van der Waals surface area contributed by atoms with Crippen LogP contribution in [-0.4, -0.2) is 36.6 Å². The number of hydrogen-bond donors (Lipinski definition) is 0. The van der Waals surface area contributed by atoms with E-state index in [2.05, 4.69) is 9.88 Å². The molecule has 2 aliphatic rings. The molecular formula is C22H19FN2O2S. The second-order valence-electron chi connectivity index (χ2n) is 7.50. The maximum Gasteiger partial charge on any atom is 0.183 e. The molecular weight excluding hydrogens is 375 g/mol. The second kappa shape index (κ2) is 6.50. The van der Waals surface area contributed by atoms with Crippen molar-refractivity contribution in [3.8, 4) is 11.1 Å². The molecule has 6 heteroatoms. The largest absolute Gasteiger partial charge is 0.297 e. The normalized spacial score (nSPS) is 22.8. The minimum absolute atomic E-state index is 0.0305. The van der Waals surface area contributed by atoms with Crippen LogP contribution in [0.25, 0.3) is 11.1 Å². The number of likely N-dealkylation sites (tertiary alicyclic amines) is 1. The van der Waals surface area contributed by atoms with Gasteiger partial charge in [-0.15, -0.1) is 0 Å². The van der Waals surface area contributed by atoms with Gasteiger partial charge in [0.2, 0.25) is 0 Å². The van der Waals surface area contributed by atoms with Crippen molar-refractivity contribution in [2.75, 3.05) is 13.1 Å². The van der Waals surface area contributed by atoms with Crippen molar-refractivity contribution in [3.05, 3.63) is 83.9 Å². The Morgan fingerprint density at radius 3 is 2.61 bits per heavy atom. The van der Waals surface area contributed by atoms with Gasteiger partial charge in [-0.3, -0.25) is 9.88 Å². The summed E-state index contributed by atoms with van der Waals surface area (Å²) in [6.07, 6.45) is 3.51. The molecule has 1 saturated heterocycles. The van der Waals surface area contributed by atoms with Crippen LogP contribution in [0.15, 0.2) is 71.9 Å². The van der Waals surface area contributed by atoms with Crippen LogP contribution in [0.5, 0.6) is 0 Å². The number of pyridine rings is 1. The SMILES string of the molecule is O=S1(=O)c2ccc(-c3cccnc3)cc2C2CN(Cc3ccc(F)cc3)CC21. The third-order valence-corrected chi connectivity index (χ3v) is 8.03. The van der Waals surface area contributed by atoms with E-state index in [4.69, 9.17) is 0 Å². The molecule has 3 aromatic rings. The molecule has 0 aliphatic carbocycles. The van der Waals surface area contributed by atoms with Gasteiger partial charge in [-0.2, -0.15) is 0 Å². The minimum atomic E-state index is -3.33. The smallest absolute Gasteiger partial charge is 0.183 e. The Bertz CT molecular complexity index is 1130. The topological polar surface area (TPSA) is 50.3 Å². The first-order valence-electron chi connectivity index (χ1n) is 9.27. The average Bonchev–Trinajstić information content (AvgIpc) is 3.22. The summed E-state index contributed by atoms with van der Waals surface area (Å²) < 4.78 is 39.3. The summed E-state index contributed by atoms with van der Waals surface area (Å²) in [7, 11) is -3.33. The van der Waals surface area contributed by atoms with E-state index in [-0.39, 0.29) is 11.7 Å². The van der Waals surface area contributed by atoms with E-state index < -0.39 is 15.1 Å². The fraction of sp³-hybridized carbons (Fsp3) is 0.227. The predicted molar refractivity (Wildman–Crippen MR) is 105 cm³/mol. The van der Waals surface area contributed by atoms with Crippen LogP contribution in [-0.2, 0) is 16.4 Å². The maximum absolute atomic E-state index is 13.1. The maximum atomic E-state index is 13.1. The molecule has 2 aliphatic heterocycles. The van der Waals surface area contributed by atoms with Crippen LogP contribution >= 0.6 is 0 Å². The number of sulfone groups is 1. The third-order valence-electron chi connectivity index (χ3n) is 5.77. The van der Waals surface area contributed by atoms with E-state index in [0.29, 0.717) is 24.5 Å². The Kier molecular flexibility index (Phi) is 4.07. The molecule has 0 amide bonds. The van der Waals surface area contributed by atoms with Gasteiger partial charge in [0.05, 0.1) is 10.1 Å². The highest BCUT2D eigenvalue weighted by atomic mass is 32.2. The number of nitrogens with zero attached hydrogens (tertiary/aromatic N) is 2. The monoisotopic (exact) mass is 394 g/mol. The van der Waals surface area contributed by atoms with Crippen LogP contribution in [0.3, 0.4) is 0 Å². The molecule has 5 rings (SSSR count). The molecule has 142 valence electrons. The lowest BCUT2D eigenvalue weighted by atomic mass is 9.95. The minimum Gasteiger partial charge on any atom is -0.297 e. The molecule has 0 bridgehead atoms. The van der Waals surface area contributed by atoms with Crippen molar-refractivity contribution in [1.29, 1.82) is 0 Å². The van der Waals surface area contributed by atoms with Gasteiger partial charge in [-0.05, 0) is 52.6 Å². The van der Waals surface area contributed by atoms with Gasteiger partial charge in [0, 0.05) is 37.9 Å². The van der Waals surface area contributed by atoms with Crippen molar-refractivity contribution in [2.45, 2.75) is 22.6 Å². The van der Waals surface area contributed by atoms with Gasteiger partial charge >= 0.3 is 0 Å². The van der Waals surface area contributed by atoms with Crippen molar-refractivity contribution in [2.24, 2.45) is 0 Å². The Labute approximate surface area is 163 Å². The van der Waals surface area contributed by atoms with E-state index in [9.17, 15) is 12.8 Å². The van der Waals surface area contributed by atoms with Crippen molar-refractivity contribution < 1.29 is 12.8 Å². The van der Waals surface area contributed by atoms with E-state index in [1.165, 1.54) is 12.1 Å². The Morgan fingerprint density at radius 1 is 1.04 bits per heavy atom. The van der Waals surface area contributed by atoms with Crippen LogP contribution in [0, 0.1) is 5.82 Å². The highest BCUT2D eigenvalue weighted by molar-refractivity contribution is 7.92. The van der Waals surface area contributed by atoms with Crippen LogP contribution in [0.2, 0.25) is 0 Å². The van der Waals surface area contributed by atoms with Crippen LogP contribution in [0.4, 0.5) is 4.39 Å². The lowest BCUT2D eigenvalue weighted by Crippen LogP contribution is -2.25. The molecule has 1 aromatic heterocycles. The highest BCUT2D eigenvalue weighted by Crippen LogP contribution is 2.46. The third kappa shape index (κ3) is 2.84. The lowest BCUT2D eigenvalue weighted by molar-refractivity contribution is 0.325. The van der Waals surface area contributed by atoms with Crippen LogP contribution < -0.4 is 0 Å². The van der Waals surface area contributed by atoms with Crippen molar-refractivity contribution in [1.82, 2.24) is 9.88 Å². The average molecular weight is 394 g/mol. The van der Waals surface area contributed by atoms with Gasteiger partial charge in [-0.25, -0.2) is 12.8 Å². The predicted octanol–water partition coefficient (Wildman–Crippen LogP) is 3.64. The summed E-state index contributed by atoms with van der Waals surface area (Å²) in [6.45, 7) is 1.81. The summed E-state index contributed by atoms with van der Waals surface area (Å²) in [6, 6.07) is 15.9. The van der Waals surface area contributed by atoms with E-state index in [1.807, 2.05) is 24.3 Å². The second-order valence-corrected chi connectivity index (χ2v) is 9.64. The van der Waals surface area contributed by atoms with Gasteiger partial charge in [0.1, 0.15) is 5.82 Å². The molecule has 2 atom stereocenters. The molecule has 4 nitrogen and oxygen atoms in total. The highest BCUT2D eigenvalue weighted by Gasteiger charge is 2.50. The molecule has 3 heterocycles. The fourth-order valence-electron chi connectivity index (χ4n) is 4.42. The molecule has 0 radical (unpaired) electrons. The molecule has 28 heavy (non-hydrogen) atoms. The molecule has 0 saturated carbocycles. The summed E-state index contributed by atoms with van der Waals surface area (Å²) in [4.78, 5) is 6.78. The number of aromatic nitrogens is 1. The molecule has 2 unspecified atom stereocenters. The summed E-state index contributed by atoms with van der Waals surface area (Å²) >= 11 is 0. The number of benzene rings is 2. The van der Waals surface area contributed by atoms with Crippen LogP contribution in [0.1, 0.15) is 17.0 Å². The number of hydrogen-bond acceptors (Lipinski definition) is 4. The number of halogens is 1. The van der Waals surface area contributed by atoms with Gasteiger partial charge < -0.3 is 0 Å².